The van der Waals surface area contributed by atoms with Crippen LogP contribution < -0.4 is 14.8 Å². The van der Waals surface area contributed by atoms with Crippen LogP contribution in [0.5, 0.6) is 0 Å². The first kappa shape index (κ1) is 37.9. The van der Waals surface area contributed by atoms with Gasteiger partial charge in [0.05, 0.1) is 73.3 Å². The predicted molar refractivity (Wildman–Crippen MR) is 217 cm³/mol. The van der Waals surface area contributed by atoms with Gasteiger partial charge < -0.3 is 24.3 Å². The van der Waals surface area contributed by atoms with Gasteiger partial charge in [0.2, 0.25) is 0 Å². The molecular weight excluding hydrogens is 942 g/mol. The molecule has 17 heteroatoms. The normalized spacial score (nSPS) is 14.8. The van der Waals surface area contributed by atoms with E-state index in [4.69, 9.17) is 29.5 Å². The molecule has 0 radical (unpaired) electrons. The molecule has 0 saturated carbocycles. The minimum absolute atomic E-state index is 0.136. The van der Waals surface area contributed by atoms with Crippen molar-refractivity contribution in [3.63, 3.8) is 0 Å². The maximum atomic E-state index is 10.6. The second-order valence-electron chi connectivity index (χ2n) is 11.1. The van der Waals surface area contributed by atoms with E-state index in [0.29, 0.717) is 0 Å². The fourth-order valence-electron chi connectivity index (χ4n) is 5.18. The lowest BCUT2D eigenvalue weighted by Gasteiger charge is -2.28. The molecule has 0 spiro atoms. The number of anilines is 2. The van der Waals surface area contributed by atoms with Crippen molar-refractivity contribution >= 4 is 110 Å². The molecule has 2 fully saturated rings. The van der Waals surface area contributed by atoms with Crippen molar-refractivity contribution in [1.82, 2.24) is 19.7 Å². The first-order valence-corrected chi connectivity index (χ1v) is 21.0. The summed E-state index contributed by atoms with van der Waals surface area (Å²) in [5.74, 6) is 0. The molecule has 268 valence electrons. The van der Waals surface area contributed by atoms with Gasteiger partial charge in [0.25, 0.3) is 9.05 Å². The number of benzene rings is 2. The van der Waals surface area contributed by atoms with Crippen LogP contribution in [0.15, 0.2) is 107 Å². The molecular formula is C34H33ClI2N6O6S2. The van der Waals surface area contributed by atoms with Crippen molar-refractivity contribution in [2.24, 2.45) is 0 Å². The standard InChI is InChI=1S/C17H16IN3O3S.C11H12IN3O.C6H5ClO2S/c18-16-12-21(23-24-25-14-4-2-1-3-5-14)17-15(16)10-13(11-19-17)20-6-8-22-9-7-20;12-10-7-14-11-9(10)5-8(6-13-11)15-1-3-16-4-2-15;7-10(8,9)6-4-2-1-3-5-6/h1-5,10-12H,6-9H2;5-7H,1-4H2,(H,13,14);1-5H. The minimum atomic E-state index is -3.53. The molecule has 12 nitrogen and oxygen atoms in total. The summed E-state index contributed by atoms with van der Waals surface area (Å²) in [6.07, 6.45) is 7.66. The second kappa shape index (κ2) is 18.3. The van der Waals surface area contributed by atoms with Crippen LogP contribution in [-0.4, -0.2) is 80.7 Å². The molecule has 0 atom stereocenters. The zero-order valence-electron chi connectivity index (χ0n) is 27.0. The van der Waals surface area contributed by atoms with Gasteiger partial charge >= 0.3 is 0 Å². The number of hydrogen-bond donors (Lipinski definition) is 1. The highest BCUT2D eigenvalue weighted by Crippen LogP contribution is 2.27. The van der Waals surface area contributed by atoms with Crippen LogP contribution in [0.25, 0.3) is 22.1 Å². The third-order valence-electron chi connectivity index (χ3n) is 7.78. The van der Waals surface area contributed by atoms with Crippen LogP contribution in [0.3, 0.4) is 0 Å². The Bertz CT molecular complexity index is 2130. The molecule has 2 saturated heterocycles. The number of aromatic nitrogens is 4. The topological polar surface area (TPSA) is 124 Å². The van der Waals surface area contributed by atoms with Crippen molar-refractivity contribution in [3.05, 3.63) is 105 Å². The molecule has 0 bridgehead atoms. The van der Waals surface area contributed by atoms with E-state index in [-0.39, 0.29) is 4.90 Å². The number of nitrogens with zero attached hydrogens (tertiary/aromatic N) is 5. The summed E-state index contributed by atoms with van der Waals surface area (Å²) >= 11 is 5.77. The van der Waals surface area contributed by atoms with Gasteiger partial charge in [-0.05, 0) is 81.6 Å². The Morgan fingerprint density at radius 2 is 1.35 bits per heavy atom. The van der Waals surface area contributed by atoms with Gasteiger partial charge in [0, 0.05) is 65.9 Å². The third-order valence-corrected chi connectivity index (χ3v) is 11.5. The van der Waals surface area contributed by atoms with Crippen LogP contribution in [0.2, 0.25) is 0 Å². The van der Waals surface area contributed by atoms with Gasteiger partial charge in [-0.3, -0.25) is 0 Å². The Kier molecular flexibility index (Phi) is 13.6. The molecule has 4 aromatic heterocycles. The van der Waals surface area contributed by atoms with Crippen molar-refractivity contribution in [1.29, 1.82) is 0 Å². The number of pyridine rings is 2. The zero-order valence-corrected chi connectivity index (χ0v) is 33.7. The lowest BCUT2D eigenvalue weighted by molar-refractivity contribution is -0.188. The Morgan fingerprint density at radius 3 is 1.94 bits per heavy atom. The number of hydrogen-bond acceptors (Lipinski definition) is 11. The van der Waals surface area contributed by atoms with E-state index in [1.165, 1.54) is 26.8 Å². The van der Waals surface area contributed by atoms with E-state index in [9.17, 15) is 8.42 Å². The largest absolute Gasteiger partial charge is 0.378 e. The monoisotopic (exact) mass is 974 g/mol. The van der Waals surface area contributed by atoms with Crippen molar-refractivity contribution < 1.29 is 27.2 Å². The average Bonchev–Trinajstić information content (AvgIpc) is 3.70. The first-order valence-electron chi connectivity index (χ1n) is 15.8. The Hall–Kier alpha value is -2.85. The number of nitrogens with one attached hydrogen (secondary N) is 1. The number of rotatable bonds is 7. The SMILES string of the molecule is Ic1c[nH]c2ncc(N3CCOCC3)cc12.Ic1cn(OOSc2ccccc2)c2ncc(N3CCOCC3)cc12.O=S(=O)(Cl)c1ccccc1. The van der Waals surface area contributed by atoms with Gasteiger partial charge in [-0.1, -0.05) is 40.7 Å². The molecule has 2 aromatic carbocycles. The van der Waals surface area contributed by atoms with Gasteiger partial charge in [-0.2, -0.15) is 0 Å². The van der Waals surface area contributed by atoms with Crippen molar-refractivity contribution in [2.45, 2.75) is 9.79 Å². The molecule has 6 aromatic rings. The summed E-state index contributed by atoms with van der Waals surface area (Å²) in [5.41, 5.74) is 3.98. The van der Waals surface area contributed by atoms with E-state index < -0.39 is 9.05 Å². The molecule has 2 aliphatic heterocycles. The van der Waals surface area contributed by atoms with Crippen LogP contribution >= 0.6 is 67.9 Å². The summed E-state index contributed by atoms with van der Waals surface area (Å²) in [4.78, 5) is 23.3. The molecule has 2 aliphatic rings. The summed E-state index contributed by atoms with van der Waals surface area (Å²) in [6.45, 7) is 6.80. The molecule has 0 aliphatic carbocycles. The minimum Gasteiger partial charge on any atom is -0.378 e. The maximum absolute atomic E-state index is 10.6. The average molecular weight is 975 g/mol. The highest BCUT2D eigenvalue weighted by molar-refractivity contribution is 14.1. The van der Waals surface area contributed by atoms with E-state index in [1.807, 2.05) is 55.1 Å². The molecule has 51 heavy (non-hydrogen) atoms. The number of H-pyrrole nitrogens is 1. The van der Waals surface area contributed by atoms with Gasteiger partial charge in [0.15, 0.2) is 5.65 Å². The summed E-state index contributed by atoms with van der Waals surface area (Å²) in [7, 11) is 1.50. The summed E-state index contributed by atoms with van der Waals surface area (Å²) < 4.78 is 41.1. The number of fused-ring (bicyclic) bond motifs is 2. The fraction of sp³-hybridized carbons (Fsp3) is 0.235. The smallest absolute Gasteiger partial charge is 0.261 e. The lowest BCUT2D eigenvalue weighted by atomic mass is 10.3. The quantitative estimate of drug-likeness (QED) is 0.0577. The van der Waals surface area contributed by atoms with E-state index in [0.717, 1.165) is 95.5 Å². The van der Waals surface area contributed by atoms with Gasteiger partial charge in [0.1, 0.15) is 5.65 Å². The van der Waals surface area contributed by atoms with E-state index >= 15 is 0 Å². The van der Waals surface area contributed by atoms with Crippen LogP contribution in [0, 0.1) is 7.14 Å². The number of halogens is 3. The van der Waals surface area contributed by atoms with Crippen LogP contribution in [-0.2, 0) is 22.9 Å². The number of morpholine rings is 2. The Labute approximate surface area is 331 Å². The summed E-state index contributed by atoms with van der Waals surface area (Å²) in [5, 5.41) is 2.24. The fourth-order valence-corrected chi connectivity index (χ4v) is 7.63. The molecule has 0 unspecified atom stereocenters. The van der Waals surface area contributed by atoms with Crippen LogP contribution in [0.1, 0.15) is 0 Å². The highest BCUT2D eigenvalue weighted by atomic mass is 127. The Morgan fingerprint density at radius 1 is 0.784 bits per heavy atom. The number of aromatic amines is 1. The van der Waals surface area contributed by atoms with E-state index in [1.54, 1.807) is 22.9 Å². The number of ether oxygens (including phenoxy) is 2. The first-order chi connectivity index (χ1) is 24.8. The maximum Gasteiger partial charge on any atom is 0.261 e. The van der Waals surface area contributed by atoms with E-state index in [2.05, 4.69) is 82.1 Å². The highest BCUT2D eigenvalue weighted by Gasteiger charge is 2.16. The van der Waals surface area contributed by atoms with Crippen molar-refractivity contribution in [3.8, 4) is 0 Å². The lowest BCUT2D eigenvalue weighted by Crippen LogP contribution is -2.36. The third kappa shape index (κ3) is 10.4. The zero-order chi connectivity index (χ0) is 35.6. The molecule has 0 amide bonds. The predicted octanol–water partition coefficient (Wildman–Crippen LogP) is 7.16. The van der Waals surface area contributed by atoms with Gasteiger partial charge in [-0.25, -0.2) is 23.4 Å². The second-order valence-corrected chi connectivity index (χ2v) is 16.7. The van der Waals surface area contributed by atoms with Crippen LogP contribution in [0.4, 0.5) is 11.4 Å². The Balaban J connectivity index is 0.000000147. The molecule has 8 rings (SSSR count). The molecule has 1 N–H and O–H groups in total. The van der Waals surface area contributed by atoms with Crippen molar-refractivity contribution in [2.75, 3.05) is 62.4 Å². The molecule has 6 heterocycles. The van der Waals surface area contributed by atoms with Gasteiger partial charge in [-0.15, -0.1) is 4.73 Å². The summed E-state index contributed by atoms with van der Waals surface area (Å²) in [6, 6.07) is 22.0.